The van der Waals surface area contributed by atoms with Crippen molar-refractivity contribution in [2.45, 2.75) is 19.3 Å². The molecule has 114 valence electrons. The maximum atomic E-state index is 11.7. The Morgan fingerprint density at radius 2 is 2.05 bits per heavy atom. The maximum Gasteiger partial charge on any atom is 0.319 e. The Balaban J connectivity index is 1.72. The fourth-order valence-corrected chi connectivity index (χ4v) is 1.90. The molecule has 6 heteroatoms. The van der Waals surface area contributed by atoms with Crippen LogP contribution in [0.3, 0.4) is 0 Å². The van der Waals surface area contributed by atoms with E-state index in [1.807, 2.05) is 0 Å². The summed E-state index contributed by atoms with van der Waals surface area (Å²) < 4.78 is 5.41. The van der Waals surface area contributed by atoms with Crippen molar-refractivity contribution in [3.63, 3.8) is 0 Å². The molecule has 0 unspecified atom stereocenters. The van der Waals surface area contributed by atoms with Crippen LogP contribution in [0.25, 0.3) is 0 Å². The highest BCUT2D eigenvalue weighted by Gasteiger charge is 2.20. The van der Waals surface area contributed by atoms with E-state index < -0.39 is 5.97 Å². The molecule has 1 saturated carbocycles. The van der Waals surface area contributed by atoms with Crippen LogP contribution in [0.15, 0.2) is 24.3 Å². The van der Waals surface area contributed by atoms with E-state index in [2.05, 4.69) is 10.6 Å². The number of anilines is 1. The molecule has 0 saturated heterocycles. The number of amides is 2. The van der Waals surface area contributed by atoms with E-state index >= 15 is 0 Å². The average Bonchev–Trinajstić information content (AvgIpc) is 3.24. The highest BCUT2D eigenvalue weighted by molar-refractivity contribution is 5.90. The summed E-state index contributed by atoms with van der Waals surface area (Å²) in [6, 6.07) is 6.50. The predicted molar refractivity (Wildman–Crippen MR) is 78.3 cm³/mol. The first-order chi connectivity index (χ1) is 10.1. The van der Waals surface area contributed by atoms with Gasteiger partial charge in [0.05, 0.1) is 13.0 Å². The molecule has 3 N–H and O–H groups in total. The number of benzene rings is 1. The molecule has 6 nitrogen and oxygen atoms in total. The lowest BCUT2D eigenvalue weighted by Gasteiger charge is -2.11. The molecular weight excluding hydrogens is 272 g/mol. The van der Waals surface area contributed by atoms with Crippen molar-refractivity contribution < 1.29 is 19.4 Å². The highest BCUT2D eigenvalue weighted by atomic mass is 16.5. The number of hydrogen-bond donors (Lipinski definition) is 3. The molecule has 1 aromatic rings. The number of nitrogens with one attached hydrogen (secondary N) is 2. The van der Waals surface area contributed by atoms with Crippen molar-refractivity contribution in [1.29, 1.82) is 0 Å². The lowest BCUT2D eigenvalue weighted by atomic mass is 10.1. The molecule has 0 radical (unpaired) electrons. The van der Waals surface area contributed by atoms with Gasteiger partial charge in [-0.2, -0.15) is 0 Å². The molecule has 0 aliphatic heterocycles. The molecule has 1 aromatic carbocycles. The van der Waals surface area contributed by atoms with Crippen molar-refractivity contribution in [3.8, 4) is 0 Å². The Labute approximate surface area is 123 Å². The molecular formula is C15H20N2O4. The monoisotopic (exact) mass is 292 g/mol. The first-order valence-electron chi connectivity index (χ1n) is 7.07. The molecule has 21 heavy (non-hydrogen) atoms. The van der Waals surface area contributed by atoms with Gasteiger partial charge in [0.15, 0.2) is 0 Å². The first kappa shape index (κ1) is 15.3. The summed E-state index contributed by atoms with van der Waals surface area (Å²) in [5, 5.41) is 14.2. The predicted octanol–water partition coefficient (Wildman–Crippen LogP) is 1.86. The Hall–Kier alpha value is -2.08. The third kappa shape index (κ3) is 5.83. The molecule has 0 heterocycles. The zero-order chi connectivity index (χ0) is 15.1. The lowest BCUT2D eigenvalue weighted by Crippen LogP contribution is -2.32. The number of hydrogen-bond acceptors (Lipinski definition) is 3. The topological polar surface area (TPSA) is 87.7 Å². The van der Waals surface area contributed by atoms with Gasteiger partial charge in [-0.3, -0.25) is 4.79 Å². The SMILES string of the molecule is O=C(O)Cc1ccccc1NC(=O)NCCOCC1CC1. The van der Waals surface area contributed by atoms with Crippen molar-refractivity contribution in [2.24, 2.45) is 5.92 Å². The minimum atomic E-state index is -0.932. The number of carboxylic acids is 1. The molecule has 1 aliphatic rings. The second-order valence-electron chi connectivity index (χ2n) is 5.13. The summed E-state index contributed by atoms with van der Waals surface area (Å²) >= 11 is 0. The minimum Gasteiger partial charge on any atom is -0.481 e. The van der Waals surface area contributed by atoms with Crippen molar-refractivity contribution >= 4 is 17.7 Å². The number of rotatable bonds is 8. The van der Waals surface area contributed by atoms with Crippen LogP contribution in [0.4, 0.5) is 10.5 Å². The summed E-state index contributed by atoms with van der Waals surface area (Å²) in [4.78, 5) is 22.5. The number of carboxylic acid groups (broad SMARTS) is 1. The van der Waals surface area contributed by atoms with Gasteiger partial charge >= 0.3 is 12.0 Å². The minimum absolute atomic E-state index is 0.124. The van der Waals surface area contributed by atoms with E-state index in [4.69, 9.17) is 9.84 Å². The fourth-order valence-electron chi connectivity index (χ4n) is 1.90. The standard InChI is InChI=1S/C15H20N2O4/c18-14(19)9-12-3-1-2-4-13(12)17-15(20)16-7-8-21-10-11-5-6-11/h1-4,11H,5-10H2,(H,18,19)(H2,16,17,20). The number of carbonyl (C=O) groups excluding carboxylic acids is 1. The molecule has 0 atom stereocenters. The third-order valence-electron chi connectivity index (χ3n) is 3.19. The Kier molecular flexibility index (Phi) is 5.57. The van der Waals surface area contributed by atoms with Gasteiger partial charge in [-0.15, -0.1) is 0 Å². The number of carbonyl (C=O) groups is 2. The van der Waals surface area contributed by atoms with E-state index in [-0.39, 0.29) is 12.5 Å². The first-order valence-corrected chi connectivity index (χ1v) is 7.07. The third-order valence-corrected chi connectivity index (χ3v) is 3.19. The van der Waals surface area contributed by atoms with Crippen LogP contribution in [0.2, 0.25) is 0 Å². The number of urea groups is 1. The van der Waals surface area contributed by atoms with Crippen LogP contribution in [-0.4, -0.2) is 36.9 Å². The number of aliphatic carboxylic acids is 1. The smallest absolute Gasteiger partial charge is 0.319 e. The molecule has 0 spiro atoms. The van der Waals surface area contributed by atoms with Crippen LogP contribution in [0, 0.1) is 5.92 Å². The largest absolute Gasteiger partial charge is 0.481 e. The Morgan fingerprint density at radius 3 is 2.76 bits per heavy atom. The van der Waals surface area contributed by atoms with Gasteiger partial charge in [-0.25, -0.2) is 4.79 Å². The summed E-state index contributed by atoms with van der Waals surface area (Å²) in [5.74, 6) is -0.222. The van der Waals surface area contributed by atoms with Crippen molar-refractivity contribution in [1.82, 2.24) is 5.32 Å². The zero-order valence-electron chi connectivity index (χ0n) is 11.8. The van der Waals surface area contributed by atoms with E-state index in [1.165, 1.54) is 12.8 Å². The molecule has 1 fully saturated rings. The zero-order valence-corrected chi connectivity index (χ0v) is 11.8. The molecule has 2 rings (SSSR count). The second kappa shape index (κ2) is 7.64. The maximum absolute atomic E-state index is 11.7. The fraction of sp³-hybridized carbons (Fsp3) is 0.467. The quantitative estimate of drug-likeness (QED) is 0.638. The molecule has 0 aromatic heterocycles. The Bertz CT molecular complexity index is 500. The van der Waals surface area contributed by atoms with Gasteiger partial charge < -0.3 is 20.5 Å². The van der Waals surface area contributed by atoms with E-state index in [0.717, 1.165) is 6.61 Å². The van der Waals surface area contributed by atoms with E-state index in [1.54, 1.807) is 24.3 Å². The van der Waals surface area contributed by atoms with Gasteiger partial charge in [-0.05, 0) is 30.4 Å². The number of ether oxygens (including phenoxy) is 1. The summed E-state index contributed by atoms with van der Waals surface area (Å²) in [5.41, 5.74) is 1.08. The van der Waals surface area contributed by atoms with Gasteiger partial charge in [0.2, 0.25) is 0 Å². The summed E-state index contributed by atoms with van der Waals surface area (Å²) in [6.45, 7) is 1.69. The van der Waals surface area contributed by atoms with Crippen LogP contribution in [0.5, 0.6) is 0 Å². The van der Waals surface area contributed by atoms with Gasteiger partial charge in [0.25, 0.3) is 0 Å². The second-order valence-corrected chi connectivity index (χ2v) is 5.13. The van der Waals surface area contributed by atoms with Crippen molar-refractivity contribution in [2.75, 3.05) is 25.1 Å². The van der Waals surface area contributed by atoms with Crippen LogP contribution >= 0.6 is 0 Å². The van der Waals surface area contributed by atoms with Gasteiger partial charge in [0, 0.05) is 18.8 Å². The highest BCUT2D eigenvalue weighted by Crippen LogP contribution is 2.28. The molecule has 0 bridgehead atoms. The average molecular weight is 292 g/mol. The summed E-state index contributed by atoms with van der Waals surface area (Å²) in [7, 11) is 0. The van der Waals surface area contributed by atoms with Gasteiger partial charge in [0.1, 0.15) is 0 Å². The van der Waals surface area contributed by atoms with Crippen molar-refractivity contribution in [3.05, 3.63) is 29.8 Å². The van der Waals surface area contributed by atoms with Crippen LogP contribution < -0.4 is 10.6 Å². The Morgan fingerprint density at radius 1 is 1.29 bits per heavy atom. The molecule has 1 aliphatic carbocycles. The van der Waals surface area contributed by atoms with Crippen LogP contribution in [0.1, 0.15) is 18.4 Å². The molecule has 2 amide bonds. The van der Waals surface area contributed by atoms with E-state index in [9.17, 15) is 9.59 Å². The summed E-state index contributed by atoms with van der Waals surface area (Å²) in [6.07, 6.45) is 2.36. The van der Waals surface area contributed by atoms with Crippen LogP contribution in [-0.2, 0) is 16.0 Å². The van der Waals surface area contributed by atoms with Gasteiger partial charge in [-0.1, -0.05) is 18.2 Å². The normalized spacial score (nSPS) is 13.7. The van der Waals surface area contributed by atoms with E-state index in [0.29, 0.717) is 30.3 Å². The lowest BCUT2D eigenvalue weighted by molar-refractivity contribution is -0.136. The number of para-hydroxylation sites is 1.